The highest BCUT2D eigenvalue weighted by Gasteiger charge is 2.19. The maximum absolute atomic E-state index is 10.8. The minimum atomic E-state index is -0.793. The first-order chi connectivity index (χ1) is 7.56. The van der Waals surface area contributed by atoms with Crippen LogP contribution < -0.4 is 0 Å². The maximum atomic E-state index is 10.8. The molecule has 2 heteroatoms. The molecule has 1 aliphatic rings. The van der Waals surface area contributed by atoms with Crippen molar-refractivity contribution in [1.82, 2.24) is 0 Å². The van der Waals surface area contributed by atoms with E-state index in [2.05, 4.69) is 13.8 Å². The zero-order valence-electron chi connectivity index (χ0n) is 10.5. The molecule has 0 amide bonds. The van der Waals surface area contributed by atoms with E-state index < -0.39 is 5.97 Å². The van der Waals surface area contributed by atoms with E-state index in [1.807, 2.05) is 6.08 Å². The fourth-order valence-electron chi connectivity index (χ4n) is 2.35. The molecule has 90 valence electrons. The SMILES string of the molecule is CC/C(C)=C1\CCCCC1/C=C(\C)C(=O)O. The Balaban J connectivity index is 2.92. The average Bonchev–Trinajstić information content (AvgIpc) is 2.28. The van der Waals surface area contributed by atoms with Gasteiger partial charge in [0, 0.05) is 5.57 Å². The monoisotopic (exact) mass is 222 g/mol. The van der Waals surface area contributed by atoms with Gasteiger partial charge in [0.15, 0.2) is 0 Å². The smallest absolute Gasteiger partial charge is 0.330 e. The lowest BCUT2D eigenvalue weighted by Gasteiger charge is -2.25. The van der Waals surface area contributed by atoms with Gasteiger partial charge in [0.05, 0.1) is 0 Å². The van der Waals surface area contributed by atoms with Gasteiger partial charge in [0.25, 0.3) is 0 Å². The number of carbonyl (C=O) groups is 1. The Labute approximate surface area is 98.1 Å². The van der Waals surface area contributed by atoms with Crippen molar-refractivity contribution in [3.8, 4) is 0 Å². The van der Waals surface area contributed by atoms with E-state index in [1.54, 1.807) is 6.92 Å². The molecular formula is C14H22O2. The lowest BCUT2D eigenvalue weighted by Crippen LogP contribution is -2.11. The van der Waals surface area contributed by atoms with Crippen LogP contribution in [0.3, 0.4) is 0 Å². The zero-order chi connectivity index (χ0) is 12.1. The Bertz CT molecular complexity index is 324. The Morgan fingerprint density at radius 2 is 2.12 bits per heavy atom. The summed E-state index contributed by atoms with van der Waals surface area (Å²) >= 11 is 0. The summed E-state index contributed by atoms with van der Waals surface area (Å²) in [4.78, 5) is 10.8. The lowest BCUT2D eigenvalue weighted by molar-refractivity contribution is -0.132. The highest BCUT2D eigenvalue weighted by molar-refractivity contribution is 5.85. The van der Waals surface area contributed by atoms with E-state index in [0.717, 1.165) is 19.3 Å². The summed E-state index contributed by atoms with van der Waals surface area (Å²) in [7, 11) is 0. The average molecular weight is 222 g/mol. The second kappa shape index (κ2) is 5.88. The Kier molecular flexibility index (Phi) is 4.78. The molecule has 1 fully saturated rings. The third kappa shape index (κ3) is 3.22. The Hall–Kier alpha value is -1.05. The van der Waals surface area contributed by atoms with Gasteiger partial charge < -0.3 is 5.11 Å². The van der Waals surface area contributed by atoms with Gasteiger partial charge in [0.2, 0.25) is 0 Å². The third-order valence-electron chi connectivity index (χ3n) is 3.53. The van der Waals surface area contributed by atoms with Crippen LogP contribution in [0.25, 0.3) is 0 Å². The van der Waals surface area contributed by atoms with Gasteiger partial charge in [-0.2, -0.15) is 0 Å². The van der Waals surface area contributed by atoms with E-state index >= 15 is 0 Å². The summed E-state index contributed by atoms with van der Waals surface area (Å²) in [6.45, 7) is 6.04. The molecule has 0 aliphatic heterocycles. The first kappa shape index (κ1) is 13.0. The first-order valence-corrected chi connectivity index (χ1v) is 6.16. The van der Waals surface area contributed by atoms with E-state index in [0.29, 0.717) is 11.5 Å². The van der Waals surface area contributed by atoms with Gasteiger partial charge in [-0.1, -0.05) is 30.6 Å². The second-order valence-corrected chi connectivity index (χ2v) is 4.67. The molecule has 0 spiro atoms. The highest BCUT2D eigenvalue weighted by atomic mass is 16.4. The number of carboxylic acid groups (broad SMARTS) is 1. The van der Waals surface area contributed by atoms with Crippen molar-refractivity contribution in [2.45, 2.75) is 52.9 Å². The molecule has 0 radical (unpaired) electrons. The topological polar surface area (TPSA) is 37.3 Å². The summed E-state index contributed by atoms with van der Waals surface area (Å²) in [5.41, 5.74) is 3.40. The van der Waals surface area contributed by atoms with Crippen molar-refractivity contribution in [2.24, 2.45) is 5.92 Å². The standard InChI is InChI=1S/C14H22O2/c1-4-10(2)13-8-6-5-7-12(13)9-11(3)14(15)16/h9,12H,4-8H2,1-3H3,(H,15,16)/b11-9+,13-10+. The van der Waals surface area contributed by atoms with Crippen molar-refractivity contribution in [3.05, 3.63) is 22.8 Å². The number of allylic oxidation sites excluding steroid dienone is 3. The second-order valence-electron chi connectivity index (χ2n) is 4.67. The van der Waals surface area contributed by atoms with Crippen LogP contribution in [0, 0.1) is 5.92 Å². The molecular weight excluding hydrogens is 200 g/mol. The van der Waals surface area contributed by atoms with Crippen molar-refractivity contribution < 1.29 is 9.90 Å². The van der Waals surface area contributed by atoms with Crippen molar-refractivity contribution in [2.75, 3.05) is 0 Å². The quantitative estimate of drug-likeness (QED) is 0.580. The van der Waals surface area contributed by atoms with Crippen LogP contribution in [-0.4, -0.2) is 11.1 Å². The van der Waals surface area contributed by atoms with Crippen LogP contribution in [-0.2, 0) is 4.79 Å². The maximum Gasteiger partial charge on any atom is 0.330 e. The van der Waals surface area contributed by atoms with E-state index in [9.17, 15) is 4.79 Å². The lowest BCUT2D eigenvalue weighted by atomic mass is 9.80. The number of carboxylic acids is 1. The normalized spacial score (nSPS) is 25.4. The summed E-state index contributed by atoms with van der Waals surface area (Å²) in [5, 5.41) is 8.91. The van der Waals surface area contributed by atoms with Crippen LogP contribution in [0.1, 0.15) is 52.9 Å². The van der Waals surface area contributed by atoms with Crippen molar-refractivity contribution >= 4 is 5.97 Å². The molecule has 0 aromatic carbocycles. The molecule has 1 rings (SSSR count). The van der Waals surface area contributed by atoms with Gasteiger partial charge in [-0.15, -0.1) is 0 Å². The summed E-state index contributed by atoms with van der Waals surface area (Å²) in [5.74, 6) is -0.427. The van der Waals surface area contributed by atoms with E-state index in [1.165, 1.54) is 24.0 Å². The van der Waals surface area contributed by atoms with Crippen LogP contribution in [0.15, 0.2) is 22.8 Å². The number of aliphatic carboxylic acids is 1. The summed E-state index contributed by atoms with van der Waals surface area (Å²) in [6, 6.07) is 0. The molecule has 16 heavy (non-hydrogen) atoms. The molecule has 1 atom stereocenters. The Morgan fingerprint density at radius 3 is 2.69 bits per heavy atom. The third-order valence-corrected chi connectivity index (χ3v) is 3.53. The molecule has 0 saturated heterocycles. The molecule has 0 heterocycles. The van der Waals surface area contributed by atoms with Gasteiger partial charge >= 0.3 is 5.97 Å². The van der Waals surface area contributed by atoms with E-state index in [4.69, 9.17) is 5.11 Å². The predicted octanol–water partition coefficient (Wildman–Crippen LogP) is 3.93. The fraction of sp³-hybridized carbons (Fsp3) is 0.643. The van der Waals surface area contributed by atoms with Gasteiger partial charge in [0.1, 0.15) is 0 Å². The molecule has 0 aromatic heterocycles. The first-order valence-electron chi connectivity index (χ1n) is 6.16. The van der Waals surface area contributed by atoms with Gasteiger partial charge in [-0.25, -0.2) is 4.79 Å². The van der Waals surface area contributed by atoms with Gasteiger partial charge in [-0.05, 0) is 45.4 Å². The zero-order valence-corrected chi connectivity index (χ0v) is 10.5. The predicted molar refractivity (Wildman–Crippen MR) is 66.3 cm³/mol. The minimum Gasteiger partial charge on any atom is -0.478 e. The Morgan fingerprint density at radius 1 is 1.44 bits per heavy atom. The van der Waals surface area contributed by atoms with Crippen LogP contribution in [0.5, 0.6) is 0 Å². The number of hydrogen-bond donors (Lipinski definition) is 1. The van der Waals surface area contributed by atoms with Crippen LogP contribution in [0.2, 0.25) is 0 Å². The minimum absolute atomic E-state index is 0.366. The molecule has 2 nitrogen and oxygen atoms in total. The molecule has 1 saturated carbocycles. The van der Waals surface area contributed by atoms with Crippen LogP contribution in [0.4, 0.5) is 0 Å². The molecule has 0 bridgehead atoms. The van der Waals surface area contributed by atoms with Crippen LogP contribution >= 0.6 is 0 Å². The number of rotatable bonds is 3. The fourth-order valence-corrected chi connectivity index (χ4v) is 2.35. The number of hydrogen-bond acceptors (Lipinski definition) is 1. The van der Waals surface area contributed by atoms with Crippen molar-refractivity contribution in [3.63, 3.8) is 0 Å². The highest BCUT2D eigenvalue weighted by Crippen LogP contribution is 2.34. The van der Waals surface area contributed by atoms with Gasteiger partial charge in [-0.3, -0.25) is 0 Å². The molecule has 0 aromatic rings. The van der Waals surface area contributed by atoms with E-state index in [-0.39, 0.29) is 0 Å². The molecule has 1 unspecified atom stereocenters. The molecule has 1 N–H and O–H groups in total. The summed E-state index contributed by atoms with van der Waals surface area (Å²) < 4.78 is 0. The summed E-state index contributed by atoms with van der Waals surface area (Å²) in [6.07, 6.45) is 7.74. The van der Waals surface area contributed by atoms with Crippen molar-refractivity contribution in [1.29, 1.82) is 0 Å². The largest absolute Gasteiger partial charge is 0.478 e. The molecule has 1 aliphatic carbocycles.